The van der Waals surface area contributed by atoms with Gasteiger partial charge >= 0.3 is 5.97 Å². The second-order valence-electron chi connectivity index (χ2n) is 6.01. The van der Waals surface area contributed by atoms with Crippen LogP contribution in [0.25, 0.3) is 21.7 Å². The smallest absolute Gasteiger partial charge is 0.338 e. The van der Waals surface area contributed by atoms with Crippen LogP contribution in [0.3, 0.4) is 0 Å². The van der Waals surface area contributed by atoms with Crippen molar-refractivity contribution in [2.45, 2.75) is 13.5 Å². The number of carboxylic acid groups (broad SMARTS) is 1. The molecule has 0 spiro atoms. The Balaban J connectivity index is 1.94. The van der Waals surface area contributed by atoms with Gasteiger partial charge in [-0.1, -0.05) is 60.7 Å². The average molecular weight is 315 g/mol. The van der Waals surface area contributed by atoms with Crippen LogP contribution in [0.2, 0.25) is 0 Å². The van der Waals surface area contributed by atoms with Crippen molar-refractivity contribution in [3.63, 3.8) is 0 Å². The molecule has 3 nitrogen and oxygen atoms in total. The molecule has 4 rings (SSSR count). The molecule has 1 aromatic heterocycles. The maximum atomic E-state index is 11.7. The van der Waals surface area contributed by atoms with E-state index in [4.69, 9.17) is 0 Å². The van der Waals surface area contributed by atoms with Gasteiger partial charge in [-0.2, -0.15) is 0 Å². The van der Waals surface area contributed by atoms with Crippen LogP contribution in [-0.2, 0) is 6.54 Å². The van der Waals surface area contributed by atoms with Gasteiger partial charge in [0.2, 0.25) is 0 Å². The Morgan fingerprint density at radius 3 is 2.38 bits per heavy atom. The van der Waals surface area contributed by atoms with Gasteiger partial charge in [0.1, 0.15) is 0 Å². The molecule has 4 aromatic rings. The van der Waals surface area contributed by atoms with E-state index in [2.05, 4.69) is 34.9 Å². The van der Waals surface area contributed by atoms with E-state index in [-0.39, 0.29) is 0 Å². The topological polar surface area (TPSA) is 42.2 Å². The molecule has 1 heterocycles. The molecule has 3 aromatic carbocycles. The second-order valence-corrected chi connectivity index (χ2v) is 6.01. The first-order chi connectivity index (χ1) is 11.7. The third kappa shape index (κ3) is 2.17. The molecule has 1 N–H and O–H groups in total. The number of fused-ring (bicyclic) bond motifs is 2. The summed E-state index contributed by atoms with van der Waals surface area (Å²) < 4.78 is 2.10. The second kappa shape index (κ2) is 5.53. The Labute approximate surface area is 139 Å². The molecule has 0 bridgehead atoms. The molecule has 0 atom stereocenters. The van der Waals surface area contributed by atoms with Crippen LogP contribution < -0.4 is 0 Å². The predicted molar refractivity (Wildman–Crippen MR) is 96.7 cm³/mol. The van der Waals surface area contributed by atoms with E-state index in [1.165, 1.54) is 16.3 Å². The monoisotopic (exact) mass is 315 g/mol. The number of nitrogens with zero attached hydrogens (tertiary/aromatic N) is 1. The van der Waals surface area contributed by atoms with Crippen molar-refractivity contribution in [1.82, 2.24) is 4.57 Å². The van der Waals surface area contributed by atoms with Crippen molar-refractivity contribution >= 4 is 27.6 Å². The molecule has 0 aliphatic rings. The Kier molecular flexibility index (Phi) is 3.35. The molecular weight excluding hydrogens is 298 g/mol. The highest BCUT2D eigenvalue weighted by molar-refractivity contribution is 6.05. The van der Waals surface area contributed by atoms with Crippen LogP contribution in [-0.4, -0.2) is 15.6 Å². The van der Waals surface area contributed by atoms with Crippen molar-refractivity contribution in [3.8, 4) is 0 Å². The number of carbonyl (C=O) groups is 1. The van der Waals surface area contributed by atoms with Crippen LogP contribution in [0.15, 0.2) is 66.7 Å². The molecule has 0 fully saturated rings. The summed E-state index contributed by atoms with van der Waals surface area (Å²) in [4.78, 5) is 11.7. The summed E-state index contributed by atoms with van der Waals surface area (Å²) in [5, 5.41) is 12.8. The van der Waals surface area contributed by atoms with Crippen molar-refractivity contribution in [1.29, 1.82) is 0 Å². The van der Waals surface area contributed by atoms with Crippen LogP contribution in [0.1, 0.15) is 21.6 Å². The van der Waals surface area contributed by atoms with E-state index in [9.17, 15) is 9.90 Å². The minimum Gasteiger partial charge on any atom is -0.478 e. The highest BCUT2D eigenvalue weighted by Crippen LogP contribution is 2.28. The number of hydrogen-bond acceptors (Lipinski definition) is 1. The first-order valence-corrected chi connectivity index (χ1v) is 7.94. The van der Waals surface area contributed by atoms with Gasteiger partial charge in [0.15, 0.2) is 0 Å². The summed E-state index contributed by atoms with van der Waals surface area (Å²) in [5.41, 5.74) is 3.33. The summed E-state index contributed by atoms with van der Waals surface area (Å²) in [6.45, 7) is 2.54. The molecule has 0 amide bonds. The van der Waals surface area contributed by atoms with E-state index in [0.29, 0.717) is 12.1 Å². The zero-order valence-corrected chi connectivity index (χ0v) is 13.4. The molecule has 118 valence electrons. The maximum Gasteiger partial charge on any atom is 0.338 e. The molecule has 0 saturated heterocycles. The van der Waals surface area contributed by atoms with Crippen LogP contribution in [0.5, 0.6) is 0 Å². The summed E-state index contributed by atoms with van der Waals surface area (Å²) in [7, 11) is 0. The highest BCUT2D eigenvalue weighted by atomic mass is 16.4. The minimum atomic E-state index is -0.875. The number of carboxylic acids is 1. The molecule has 0 aliphatic heterocycles. The molecule has 0 aliphatic carbocycles. The zero-order valence-electron chi connectivity index (χ0n) is 13.4. The van der Waals surface area contributed by atoms with Gasteiger partial charge in [0, 0.05) is 23.1 Å². The summed E-state index contributed by atoms with van der Waals surface area (Å²) in [6, 6.07) is 22.2. The fourth-order valence-corrected chi connectivity index (χ4v) is 3.51. The van der Waals surface area contributed by atoms with Crippen LogP contribution >= 0.6 is 0 Å². The van der Waals surface area contributed by atoms with Gasteiger partial charge in [-0.25, -0.2) is 4.79 Å². The van der Waals surface area contributed by atoms with E-state index in [0.717, 1.165) is 16.6 Å². The largest absolute Gasteiger partial charge is 0.478 e. The van der Waals surface area contributed by atoms with Gasteiger partial charge in [0.05, 0.1) is 5.56 Å². The van der Waals surface area contributed by atoms with Crippen molar-refractivity contribution < 1.29 is 9.90 Å². The van der Waals surface area contributed by atoms with Gasteiger partial charge in [0.25, 0.3) is 0 Å². The summed E-state index contributed by atoms with van der Waals surface area (Å²) in [5.74, 6) is -0.875. The zero-order chi connectivity index (χ0) is 16.7. The molecule has 3 heteroatoms. The molecule has 0 saturated carbocycles. The van der Waals surface area contributed by atoms with E-state index in [1.807, 2.05) is 43.3 Å². The quantitative estimate of drug-likeness (QED) is 0.587. The first-order valence-electron chi connectivity index (χ1n) is 7.94. The molecule has 0 radical (unpaired) electrons. The predicted octanol–water partition coefficient (Wildman–Crippen LogP) is 4.85. The Bertz CT molecular complexity index is 1070. The van der Waals surface area contributed by atoms with Crippen LogP contribution in [0.4, 0.5) is 0 Å². The first kappa shape index (κ1) is 14.5. The van der Waals surface area contributed by atoms with Gasteiger partial charge < -0.3 is 9.67 Å². The number of aromatic carboxylic acids is 1. The maximum absolute atomic E-state index is 11.7. The number of benzene rings is 3. The van der Waals surface area contributed by atoms with Crippen molar-refractivity contribution in [2.75, 3.05) is 0 Å². The third-order valence-corrected chi connectivity index (χ3v) is 4.65. The Morgan fingerprint density at radius 2 is 1.58 bits per heavy atom. The molecule has 0 unspecified atom stereocenters. The number of hydrogen-bond donors (Lipinski definition) is 1. The van der Waals surface area contributed by atoms with Crippen molar-refractivity contribution in [3.05, 3.63) is 83.6 Å². The fourth-order valence-electron chi connectivity index (χ4n) is 3.51. The van der Waals surface area contributed by atoms with Gasteiger partial charge in [-0.3, -0.25) is 0 Å². The van der Waals surface area contributed by atoms with E-state index >= 15 is 0 Å². The third-order valence-electron chi connectivity index (χ3n) is 4.65. The fraction of sp³-hybridized carbons (Fsp3) is 0.0952. The van der Waals surface area contributed by atoms with Crippen LogP contribution in [0, 0.1) is 6.92 Å². The SMILES string of the molecule is Cc1c(C(=O)O)c2ccccc2n1Cc1cccc2ccccc12. The molecule has 24 heavy (non-hydrogen) atoms. The van der Waals surface area contributed by atoms with Crippen molar-refractivity contribution in [2.24, 2.45) is 0 Å². The average Bonchev–Trinajstić information content (AvgIpc) is 2.87. The Hall–Kier alpha value is -3.07. The lowest BCUT2D eigenvalue weighted by atomic mass is 10.0. The number of aromatic nitrogens is 1. The number of rotatable bonds is 3. The summed E-state index contributed by atoms with van der Waals surface area (Å²) >= 11 is 0. The minimum absolute atomic E-state index is 0.394. The van der Waals surface area contributed by atoms with Gasteiger partial charge in [-0.05, 0) is 29.3 Å². The van der Waals surface area contributed by atoms with Gasteiger partial charge in [-0.15, -0.1) is 0 Å². The standard InChI is InChI=1S/C21H17NO2/c1-14-20(21(23)24)18-11-4-5-12-19(18)22(14)13-16-9-6-8-15-7-2-3-10-17(15)16/h2-12H,13H2,1H3,(H,23,24). The lowest BCUT2D eigenvalue weighted by Gasteiger charge is -2.11. The van der Waals surface area contributed by atoms with E-state index < -0.39 is 5.97 Å². The number of para-hydroxylation sites is 1. The van der Waals surface area contributed by atoms with E-state index in [1.54, 1.807) is 0 Å². The molecular formula is C21H17NO2. The lowest BCUT2D eigenvalue weighted by Crippen LogP contribution is -2.05. The summed E-state index contributed by atoms with van der Waals surface area (Å²) in [6.07, 6.45) is 0. The normalized spacial score (nSPS) is 11.2. The lowest BCUT2D eigenvalue weighted by molar-refractivity contribution is 0.0698. The highest BCUT2D eigenvalue weighted by Gasteiger charge is 2.19. The Morgan fingerprint density at radius 1 is 0.917 bits per heavy atom.